The molecule has 2 aromatic rings. The molecule has 0 atom stereocenters. The number of aromatic nitrogens is 3. The fourth-order valence-corrected chi connectivity index (χ4v) is 2.85. The predicted octanol–water partition coefficient (Wildman–Crippen LogP) is 1.04. The van der Waals surface area contributed by atoms with Gasteiger partial charge in [-0.25, -0.2) is 0 Å². The Hall–Kier alpha value is -1.69. The maximum Gasteiger partial charge on any atom is 0.227 e. The van der Waals surface area contributed by atoms with Gasteiger partial charge >= 0.3 is 0 Å². The van der Waals surface area contributed by atoms with Crippen molar-refractivity contribution in [2.45, 2.75) is 13.0 Å². The summed E-state index contributed by atoms with van der Waals surface area (Å²) in [6.45, 7) is 2.52. The Morgan fingerprint density at radius 3 is 3.06 bits per heavy atom. The van der Waals surface area contributed by atoms with Crippen LogP contribution in [-0.2, 0) is 17.8 Å². The summed E-state index contributed by atoms with van der Waals surface area (Å²) in [5.41, 5.74) is 0. The maximum absolute atomic E-state index is 11.9. The first-order chi connectivity index (χ1) is 8.81. The van der Waals surface area contributed by atoms with Gasteiger partial charge in [0.2, 0.25) is 5.91 Å². The molecule has 1 saturated heterocycles. The monoisotopic (exact) mass is 262 g/mol. The second kappa shape index (κ2) is 4.89. The minimum atomic E-state index is 0.229. The van der Waals surface area contributed by atoms with Crippen LogP contribution in [0, 0.1) is 5.92 Å². The van der Waals surface area contributed by atoms with Crippen molar-refractivity contribution >= 4 is 17.2 Å². The molecule has 0 unspecified atom stereocenters. The number of nitrogens with zero attached hydrogens (tertiary/aromatic N) is 4. The zero-order valence-electron chi connectivity index (χ0n) is 9.90. The number of amides is 1. The molecule has 18 heavy (non-hydrogen) atoms. The lowest BCUT2D eigenvalue weighted by Gasteiger charge is -2.39. The third kappa shape index (κ3) is 2.43. The summed E-state index contributed by atoms with van der Waals surface area (Å²) in [5.74, 6) is 0.742. The molecule has 0 aliphatic carbocycles. The molecule has 1 aliphatic rings. The third-order valence-corrected chi connectivity index (χ3v) is 4.01. The van der Waals surface area contributed by atoms with Crippen molar-refractivity contribution in [2.75, 3.05) is 13.1 Å². The number of hydrogen-bond donors (Lipinski definition) is 0. The first kappa shape index (κ1) is 11.4. The normalized spacial score (nSPS) is 15.7. The average molecular weight is 262 g/mol. The first-order valence-electron chi connectivity index (χ1n) is 5.95. The predicted molar refractivity (Wildman–Crippen MR) is 68.1 cm³/mol. The summed E-state index contributed by atoms with van der Waals surface area (Å²) < 4.78 is 1.83. The van der Waals surface area contributed by atoms with E-state index in [0.717, 1.165) is 24.5 Å². The highest BCUT2D eigenvalue weighted by atomic mass is 32.1. The highest BCUT2D eigenvalue weighted by Crippen LogP contribution is 2.19. The van der Waals surface area contributed by atoms with E-state index < -0.39 is 0 Å². The van der Waals surface area contributed by atoms with Crippen LogP contribution >= 0.6 is 11.3 Å². The van der Waals surface area contributed by atoms with Crippen LogP contribution in [0.15, 0.2) is 29.9 Å². The van der Waals surface area contributed by atoms with E-state index >= 15 is 0 Å². The molecule has 0 radical (unpaired) electrons. The largest absolute Gasteiger partial charge is 0.342 e. The van der Waals surface area contributed by atoms with Crippen LogP contribution in [0.4, 0.5) is 0 Å². The fraction of sp³-hybridized carbons (Fsp3) is 0.417. The zero-order chi connectivity index (χ0) is 12.4. The Labute approximate surface area is 109 Å². The highest BCUT2D eigenvalue weighted by molar-refractivity contribution is 7.10. The van der Waals surface area contributed by atoms with Gasteiger partial charge < -0.3 is 4.90 Å². The molecule has 0 saturated carbocycles. The van der Waals surface area contributed by atoms with E-state index in [9.17, 15) is 4.79 Å². The molecule has 3 heterocycles. The standard InChI is InChI=1S/C12H14N4OS/c17-12(6-11-2-1-5-18-11)15-7-10(8-15)9-16-4-3-13-14-16/h1-5,10H,6-9H2. The molecule has 2 aromatic heterocycles. The Morgan fingerprint density at radius 2 is 2.39 bits per heavy atom. The quantitative estimate of drug-likeness (QED) is 0.827. The van der Waals surface area contributed by atoms with Crippen LogP contribution < -0.4 is 0 Å². The van der Waals surface area contributed by atoms with E-state index in [0.29, 0.717) is 12.3 Å². The topological polar surface area (TPSA) is 51.0 Å². The maximum atomic E-state index is 11.9. The molecule has 1 amide bonds. The first-order valence-corrected chi connectivity index (χ1v) is 6.83. The van der Waals surface area contributed by atoms with Gasteiger partial charge in [-0.1, -0.05) is 11.3 Å². The number of carbonyl (C=O) groups is 1. The van der Waals surface area contributed by atoms with E-state index in [1.807, 2.05) is 33.3 Å². The van der Waals surface area contributed by atoms with Crippen molar-refractivity contribution in [3.05, 3.63) is 34.8 Å². The minimum absolute atomic E-state index is 0.229. The molecular weight excluding hydrogens is 248 g/mol. The van der Waals surface area contributed by atoms with Crippen molar-refractivity contribution in [2.24, 2.45) is 5.92 Å². The summed E-state index contributed by atoms with van der Waals surface area (Å²) in [4.78, 5) is 15.0. The lowest BCUT2D eigenvalue weighted by molar-refractivity contribution is -0.137. The summed E-state index contributed by atoms with van der Waals surface area (Å²) >= 11 is 1.64. The third-order valence-electron chi connectivity index (χ3n) is 3.13. The Bertz CT molecular complexity index is 502. The zero-order valence-corrected chi connectivity index (χ0v) is 10.7. The van der Waals surface area contributed by atoms with Gasteiger partial charge in [0.15, 0.2) is 0 Å². The summed E-state index contributed by atoms with van der Waals surface area (Å²) in [6, 6.07) is 3.99. The number of hydrogen-bond acceptors (Lipinski definition) is 4. The molecule has 94 valence electrons. The Kier molecular flexibility index (Phi) is 3.10. The molecule has 6 heteroatoms. The number of thiophene rings is 1. The number of rotatable bonds is 4. The SMILES string of the molecule is O=C(Cc1cccs1)N1CC(Cn2ccnn2)C1. The van der Waals surface area contributed by atoms with Crippen LogP contribution in [0.5, 0.6) is 0 Å². The van der Waals surface area contributed by atoms with Gasteiger partial charge in [0.25, 0.3) is 0 Å². The number of likely N-dealkylation sites (tertiary alicyclic amines) is 1. The van der Waals surface area contributed by atoms with E-state index in [-0.39, 0.29) is 5.91 Å². The second-order valence-corrected chi connectivity index (χ2v) is 5.58. The summed E-state index contributed by atoms with van der Waals surface area (Å²) in [7, 11) is 0. The van der Waals surface area contributed by atoms with Crippen molar-refractivity contribution in [1.29, 1.82) is 0 Å². The molecule has 3 rings (SSSR count). The van der Waals surface area contributed by atoms with Crippen molar-refractivity contribution < 1.29 is 4.79 Å². The van der Waals surface area contributed by atoms with Crippen molar-refractivity contribution in [3.63, 3.8) is 0 Å². The van der Waals surface area contributed by atoms with Gasteiger partial charge in [-0.15, -0.1) is 16.4 Å². The molecule has 0 bridgehead atoms. The van der Waals surface area contributed by atoms with Gasteiger partial charge in [-0.2, -0.15) is 0 Å². The van der Waals surface area contributed by atoms with Crippen molar-refractivity contribution in [3.8, 4) is 0 Å². The number of carbonyl (C=O) groups excluding carboxylic acids is 1. The lowest BCUT2D eigenvalue weighted by Crippen LogP contribution is -2.51. The molecular formula is C12H14N4OS. The van der Waals surface area contributed by atoms with Crippen LogP contribution in [0.1, 0.15) is 4.88 Å². The molecule has 1 fully saturated rings. The van der Waals surface area contributed by atoms with Crippen LogP contribution in [0.2, 0.25) is 0 Å². The van der Waals surface area contributed by atoms with Crippen LogP contribution in [0.3, 0.4) is 0 Å². The molecule has 0 spiro atoms. The Balaban J connectivity index is 1.45. The molecule has 0 N–H and O–H groups in total. The van der Waals surface area contributed by atoms with E-state index in [2.05, 4.69) is 10.3 Å². The average Bonchev–Trinajstić information content (AvgIpc) is 2.94. The van der Waals surface area contributed by atoms with Crippen molar-refractivity contribution in [1.82, 2.24) is 19.9 Å². The molecule has 1 aliphatic heterocycles. The lowest BCUT2D eigenvalue weighted by atomic mass is 9.99. The minimum Gasteiger partial charge on any atom is -0.342 e. The fourth-order valence-electron chi connectivity index (χ4n) is 2.16. The van der Waals surface area contributed by atoms with Crippen LogP contribution in [0.25, 0.3) is 0 Å². The van der Waals surface area contributed by atoms with Gasteiger partial charge in [-0.05, 0) is 11.4 Å². The second-order valence-electron chi connectivity index (χ2n) is 4.55. The smallest absolute Gasteiger partial charge is 0.227 e. The van der Waals surface area contributed by atoms with E-state index in [1.54, 1.807) is 17.5 Å². The van der Waals surface area contributed by atoms with Gasteiger partial charge in [0.05, 0.1) is 12.6 Å². The summed E-state index contributed by atoms with van der Waals surface area (Å²) in [5, 5.41) is 9.71. The van der Waals surface area contributed by atoms with E-state index in [1.165, 1.54) is 0 Å². The highest BCUT2D eigenvalue weighted by Gasteiger charge is 2.30. The summed E-state index contributed by atoms with van der Waals surface area (Å²) in [6.07, 6.45) is 4.07. The molecule has 5 nitrogen and oxygen atoms in total. The molecule has 0 aromatic carbocycles. The van der Waals surface area contributed by atoms with Gasteiger partial charge in [0, 0.05) is 36.6 Å². The van der Waals surface area contributed by atoms with Gasteiger partial charge in [0.1, 0.15) is 0 Å². The van der Waals surface area contributed by atoms with E-state index in [4.69, 9.17) is 0 Å². The Morgan fingerprint density at radius 1 is 1.50 bits per heavy atom. The van der Waals surface area contributed by atoms with Crippen LogP contribution in [-0.4, -0.2) is 38.9 Å². The van der Waals surface area contributed by atoms with Gasteiger partial charge in [-0.3, -0.25) is 9.48 Å².